The van der Waals surface area contributed by atoms with Crippen molar-refractivity contribution in [1.82, 2.24) is 4.90 Å². The van der Waals surface area contributed by atoms with Crippen molar-refractivity contribution in [2.75, 3.05) is 33.4 Å². The number of aliphatic hydroxyl groups is 1. The summed E-state index contributed by atoms with van der Waals surface area (Å²) in [6.07, 6.45) is 2.25. The Hall–Kier alpha value is -0.160. The molecule has 2 heterocycles. The lowest BCUT2D eigenvalue weighted by Crippen LogP contribution is -2.48. The molecule has 0 aromatic carbocycles. The predicted molar refractivity (Wildman–Crippen MR) is 52.2 cm³/mol. The highest BCUT2D eigenvalue weighted by atomic mass is 16.5. The van der Waals surface area contributed by atoms with Crippen LogP contribution >= 0.6 is 0 Å². The molecule has 4 nitrogen and oxygen atoms in total. The van der Waals surface area contributed by atoms with Crippen LogP contribution in [0, 0.1) is 0 Å². The Morgan fingerprint density at radius 1 is 1.29 bits per heavy atom. The first-order chi connectivity index (χ1) is 6.81. The molecule has 0 aromatic heterocycles. The molecule has 2 saturated heterocycles. The average molecular weight is 201 g/mol. The van der Waals surface area contributed by atoms with Gasteiger partial charge in [0.25, 0.3) is 0 Å². The Bertz CT molecular complexity index is 180. The Labute approximate surface area is 84.8 Å². The minimum Gasteiger partial charge on any atom is -0.389 e. The summed E-state index contributed by atoms with van der Waals surface area (Å²) in [6, 6.07) is 0.216. The molecule has 2 aliphatic heterocycles. The molecule has 0 aromatic rings. The van der Waals surface area contributed by atoms with Crippen LogP contribution < -0.4 is 0 Å². The highest BCUT2D eigenvalue weighted by Crippen LogP contribution is 2.20. The van der Waals surface area contributed by atoms with Gasteiger partial charge in [0, 0.05) is 20.2 Å². The minimum absolute atomic E-state index is 0.216. The summed E-state index contributed by atoms with van der Waals surface area (Å²) in [5, 5.41) is 9.67. The molecule has 0 saturated carbocycles. The predicted octanol–water partition coefficient (Wildman–Crippen LogP) is -0.143. The molecule has 2 aliphatic rings. The topological polar surface area (TPSA) is 41.9 Å². The van der Waals surface area contributed by atoms with Crippen molar-refractivity contribution >= 4 is 0 Å². The van der Waals surface area contributed by atoms with E-state index in [4.69, 9.17) is 9.47 Å². The largest absolute Gasteiger partial charge is 0.389 e. The van der Waals surface area contributed by atoms with E-state index in [1.807, 2.05) is 0 Å². The quantitative estimate of drug-likeness (QED) is 0.675. The van der Waals surface area contributed by atoms with E-state index >= 15 is 0 Å². The van der Waals surface area contributed by atoms with Crippen LogP contribution in [0.25, 0.3) is 0 Å². The first-order valence-corrected chi connectivity index (χ1v) is 5.34. The van der Waals surface area contributed by atoms with Gasteiger partial charge in [0.15, 0.2) is 0 Å². The molecule has 82 valence electrons. The molecule has 4 heteroatoms. The van der Waals surface area contributed by atoms with Crippen LogP contribution in [0.1, 0.15) is 12.8 Å². The fourth-order valence-electron chi connectivity index (χ4n) is 2.32. The van der Waals surface area contributed by atoms with Gasteiger partial charge in [0.1, 0.15) is 0 Å². The standard InChI is InChI=1S/C10H19NO3/c1-13-8-2-4-11(5-3-8)9-6-14-7-10(9)12/h8-10,12H,2-7H2,1H3. The first-order valence-electron chi connectivity index (χ1n) is 5.34. The second-order valence-corrected chi connectivity index (χ2v) is 4.14. The van der Waals surface area contributed by atoms with E-state index in [1.54, 1.807) is 7.11 Å². The van der Waals surface area contributed by atoms with Crippen molar-refractivity contribution in [1.29, 1.82) is 0 Å². The van der Waals surface area contributed by atoms with Crippen molar-refractivity contribution < 1.29 is 14.6 Å². The van der Waals surface area contributed by atoms with E-state index < -0.39 is 0 Å². The van der Waals surface area contributed by atoms with Gasteiger partial charge in [0.05, 0.1) is 31.5 Å². The third kappa shape index (κ3) is 2.08. The third-order valence-electron chi connectivity index (χ3n) is 3.30. The van der Waals surface area contributed by atoms with Crippen LogP contribution in [0.5, 0.6) is 0 Å². The molecule has 0 spiro atoms. The monoisotopic (exact) mass is 201 g/mol. The van der Waals surface area contributed by atoms with Crippen molar-refractivity contribution in [3.63, 3.8) is 0 Å². The van der Waals surface area contributed by atoms with Crippen LogP contribution in [0.2, 0.25) is 0 Å². The molecule has 0 amide bonds. The van der Waals surface area contributed by atoms with E-state index in [2.05, 4.69) is 4.90 Å². The van der Waals surface area contributed by atoms with Crippen molar-refractivity contribution in [3.05, 3.63) is 0 Å². The smallest absolute Gasteiger partial charge is 0.0950 e. The van der Waals surface area contributed by atoms with Gasteiger partial charge >= 0.3 is 0 Å². The van der Waals surface area contributed by atoms with Gasteiger partial charge in [-0.05, 0) is 12.8 Å². The number of aliphatic hydroxyl groups excluding tert-OH is 1. The molecular weight excluding hydrogens is 182 g/mol. The fraction of sp³-hybridized carbons (Fsp3) is 1.00. The maximum absolute atomic E-state index is 9.67. The second kappa shape index (κ2) is 4.57. The minimum atomic E-state index is -0.297. The summed E-state index contributed by atoms with van der Waals surface area (Å²) in [7, 11) is 1.77. The zero-order valence-electron chi connectivity index (χ0n) is 8.69. The van der Waals surface area contributed by atoms with E-state index in [0.717, 1.165) is 25.9 Å². The third-order valence-corrected chi connectivity index (χ3v) is 3.30. The van der Waals surface area contributed by atoms with Crippen LogP contribution in [-0.4, -0.2) is 61.7 Å². The Balaban J connectivity index is 1.82. The maximum Gasteiger partial charge on any atom is 0.0950 e. The normalized spacial score (nSPS) is 36.4. The average Bonchev–Trinajstić information content (AvgIpc) is 2.65. The number of piperidine rings is 1. The van der Waals surface area contributed by atoms with Crippen LogP contribution in [0.3, 0.4) is 0 Å². The van der Waals surface area contributed by atoms with Crippen LogP contribution in [0.4, 0.5) is 0 Å². The summed E-state index contributed by atoms with van der Waals surface area (Å²) in [5.41, 5.74) is 0. The van der Waals surface area contributed by atoms with Crippen LogP contribution in [0.15, 0.2) is 0 Å². The lowest BCUT2D eigenvalue weighted by Gasteiger charge is -2.35. The fourth-order valence-corrected chi connectivity index (χ4v) is 2.32. The number of methoxy groups -OCH3 is 1. The number of hydrogen-bond donors (Lipinski definition) is 1. The van der Waals surface area contributed by atoms with E-state index in [1.165, 1.54) is 0 Å². The molecule has 14 heavy (non-hydrogen) atoms. The summed E-state index contributed by atoms with van der Waals surface area (Å²) in [4.78, 5) is 2.33. The summed E-state index contributed by atoms with van der Waals surface area (Å²) in [6.45, 7) is 3.21. The van der Waals surface area contributed by atoms with Gasteiger partial charge in [-0.3, -0.25) is 4.90 Å². The molecule has 0 radical (unpaired) electrons. The summed E-state index contributed by atoms with van der Waals surface area (Å²) < 4.78 is 10.6. The maximum atomic E-state index is 9.67. The zero-order valence-corrected chi connectivity index (χ0v) is 8.69. The number of rotatable bonds is 2. The van der Waals surface area contributed by atoms with Crippen molar-refractivity contribution in [3.8, 4) is 0 Å². The number of hydrogen-bond acceptors (Lipinski definition) is 4. The Morgan fingerprint density at radius 2 is 2.00 bits per heavy atom. The van der Waals surface area contributed by atoms with Gasteiger partial charge in [-0.2, -0.15) is 0 Å². The first kappa shape index (κ1) is 10.4. The number of nitrogens with zero attached hydrogens (tertiary/aromatic N) is 1. The van der Waals surface area contributed by atoms with E-state index in [0.29, 0.717) is 19.3 Å². The lowest BCUT2D eigenvalue weighted by molar-refractivity contribution is 0.00741. The molecule has 2 unspecified atom stereocenters. The van der Waals surface area contributed by atoms with Gasteiger partial charge in [-0.1, -0.05) is 0 Å². The highest BCUT2D eigenvalue weighted by Gasteiger charge is 2.33. The van der Waals surface area contributed by atoms with E-state index in [9.17, 15) is 5.11 Å². The SMILES string of the molecule is COC1CCN(C2COCC2O)CC1. The van der Waals surface area contributed by atoms with Crippen LogP contribution in [-0.2, 0) is 9.47 Å². The molecular formula is C10H19NO3. The van der Waals surface area contributed by atoms with Gasteiger partial charge < -0.3 is 14.6 Å². The number of likely N-dealkylation sites (tertiary alicyclic amines) is 1. The summed E-state index contributed by atoms with van der Waals surface area (Å²) in [5.74, 6) is 0. The van der Waals surface area contributed by atoms with Gasteiger partial charge in [0.2, 0.25) is 0 Å². The molecule has 1 N–H and O–H groups in total. The van der Waals surface area contributed by atoms with Crippen molar-refractivity contribution in [2.24, 2.45) is 0 Å². The molecule has 0 aliphatic carbocycles. The summed E-state index contributed by atoms with van der Waals surface area (Å²) >= 11 is 0. The molecule has 2 rings (SSSR count). The molecule has 2 fully saturated rings. The van der Waals surface area contributed by atoms with E-state index in [-0.39, 0.29) is 12.1 Å². The second-order valence-electron chi connectivity index (χ2n) is 4.14. The van der Waals surface area contributed by atoms with Gasteiger partial charge in [-0.15, -0.1) is 0 Å². The Morgan fingerprint density at radius 3 is 2.50 bits per heavy atom. The Kier molecular flexibility index (Phi) is 3.38. The lowest BCUT2D eigenvalue weighted by atomic mass is 10.0. The number of ether oxygens (including phenoxy) is 2. The zero-order chi connectivity index (χ0) is 9.97. The highest BCUT2D eigenvalue weighted by molar-refractivity contribution is 4.86. The molecule has 2 atom stereocenters. The van der Waals surface area contributed by atoms with Gasteiger partial charge in [-0.25, -0.2) is 0 Å². The molecule has 0 bridgehead atoms. The van der Waals surface area contributed by atoms with Crippen molar-refractivity contribution in [2.45, 2.75) is 31.1 Å².